The predicted molar refractivity (Wildman–Crippen MR) is 136 cm³/mol. The second-order valence-electron chi connectivity index (χ2n) is 9.85. The van der Waals surface area contributed by atoms with Gasteiger partial charge in [-0.05, 0) is 56.9 Å². The van der Waals surface area contributed by atoms with E-state index in [0.717, 1.165) is 18.4 Å². The van der Waals surface area contributed by atoms with Gasteiger partial charge < -0.3 is 16.0 Å². The van der Waals surface area contributed by atoms with Crippen LogP contribution in [0.2, 0.25) is 0 Å². The maximum Gasteiger partial charge on any atom is 0.273 e. The van der Waals surface area contributed by atoms with Gasteiger partial charge in [-0.3, -0.25) is 14.3 Å². The number of hydrogen-bond acceptors (Lipinski definition) is 8. The summed E-state index contributed by atoms with van der Waals surface area (Å²) in [6, 6.07) is 8.30. The van der Waals surface area contributed by atoms with E-state index < -0.39 is 5.91 Å². The molecule has 3 N–H and O–H groups in total. The summed E-state index contributed by atoms with van der Waals surface area (Å²) >= 11 is 0. The number of ketones is 1. The van der Waals surface area contributed by atoms with Crippen LogP contribution < -0.4 is 16.0 Å². The number of nitrogens with two attached hydrogens (primary N) is 1. The van der Waals surface area contributed by atoms with Gasteiger partial charge in [0.1, 0.15) is 0 Å². The molecule has 10 nitrogen and oxygen atoms in total. The number of aryl methyl sites for hydroxylation is 1. The number of amides is 1. The summed E-state index contributed by atoms with van der Waals surface area (Å²) in [6.45, 7) is 5.45. The third-order valence-electron chi connectivity index (χ3n) is 7.12. The molecule has 0 spiro atoms. The molecule has 2 fully saturated rings. The first-order valence-electron chi connectivity index (χ1n) is 12.6. The van der Waals surface area contributed by atoms with Crippen molar-refractivity contribution in [1.29, 1.82) is 0 Å². The predicted octanol–water partition coefficient (Wildman–Crippen LogP) is 3.69. The Hall–Kier alpha value is -3.82. The zero-order chi connectivity index (χ0) is 25.2. The summed E-state index contributed by atoms with van der Waals surface area (Å²) in [5, 5.41) is 15.7. The summed E-state index contributed by atoms with van der Waals surface area (Å²) in [4.78, 5) is 31.7. The van der Waals surface area contributed by atoms with E-state index in [-0.39, 0.29) is 29.3 Å². The summed E-state index contributed by atoms with van der Waals surface area (Å²) in [6.07, 6.45) is 8.30. The number of carbonyl (C=O) groups excluding carboxylic acids is 2. The number of Topliss-reactive ketones (excluding diaryl/α,β-unsaturated/α-hetero) is 1. The molecule has 0 unspecified atom stereocenters. The number of aromatic nitrogens is 5. The van der Waals surface area contributed by atoms with Gasteiger partial charge in [-0.25, -0.2) is 0 Å². The van der Waals surface area contributed by atoms with E-state index in [1.54, 1.807) is 10.9 Å². The molecule has 1 aliphatic carbocycles. The maximum absolute atomic E-state index is 13.0. The van der Waals surface area contributed by atoms with Crippen LogP contribution in [0.4, 0.5) is 17.5 Å². The second-order valence-corrected chi connectivity index (χ2v) is 9.85. The minimum absolute atomic E-state index is 0.0333. The van der Waals surface area contributed by atoms with Gasteiger partial charge in [-0.15, -0.1) is 10.2 Å². The number of primary amides is 1. The fourth-order valence-corrected chi connectivity index (χ4v) is 4.80. The number of rotatable bonds is 9. The topological polar surface area (TPSA) is 132 Å². The van der Waals surface area contributed by atoms with Crippen molar-refractivity contribution < 1.29 is 9.59 Å². The van der Waals surface area contributed by atoms with Crippen LogP contribution in [0.25, 0.3) is 0 Å². The first kappa shape index (κ1) is 23.9. The summed E-state index contributed by atoms with van der Waals surface area (Å²) in [5.41, 5.74) is 8.27. The smallest absolute Gasteiger partial charge is 0.273 e. The Morgan fingerprint density at radius 2 is 1.89 bits per heavy atom. The van der Waals surface area contributed by atoms with Gasteiger partial charge >= 0.3 is 0 Å². The van der Waals surface area contributed by atoms with Crippen LogP contribution in [0.15, 0.2) is 36.7 Å². The molecule has 188 valence electrons. The highest BCUT2D eigenvalue weighted by Crippen LogP contribution is 2.40. The highest BCUT2D eigenvalue weighted by atomic mass is 16.1. The van der Waals surface area contributed by atoms with E-state index in [1.807, 2.05) is 25.3 Å². The van der Waals surface area contributed by atoms with Crippen molar-refractivity contribution in [3.63, 3.8) is 0 Å². The van der Waals surface area contributed by atoms with Gasteiger partial charge in [0.25, 0.3) is 5.91 Å². The average molecular weight is 489 g/mol. The Labute approximate surface area is 210 Å². The quantitative estimate of drug-likeness (QED) is 0.436. The Balaban J connectivity index is 1.31. The molecule has 3 aromatic rings. The number of anilines is 3. The van der Waals surface area contributed by atoms with Gasteiger partial charge in [0.15, 0.2) is 17.3 Å². The number of benzene rings is 1. The Morgan fingerprint density at radius 1 is 1.11 bits per heavy atom. The maximum atomic E-state index is 13.0. The SMILES string of the molecule is CCn1cc(Nc2nc(N3C[C@H](CC(=O)c4ccc(C5CC5)cc4)CC[C@@H]3C)nnc2C(N)=O)cn1. The van der Waals surface area contributed by atoms with E-state index in [0.29, 0.717) is 37.1 Å². The van der Waals surface area contributed by atoms with Gasteiger partial charge in [-0.2, -0.15) is 10.1 Å². The van der Waals surface area contributed by atoms with Gasteiger partial charge in [0.2, 0.25) is 5.95 Å². The molecule has 36 heavy (non-hydrogen) atoms. The molecule has 10 heteroatoms. The molecular weight excluding hydrogens is 456 g/mol. The standard InChI is InChI=1S/C26H32N8O2/c1-3-33-15-21(13-28-33)29-25-23(24(27)36)31-32-26(30-25)34-14-17(5-4-16(34)2)12-22(35)20-10-8-19(9-11-20)18-6-7-18/h8-11,13,15-18H,3-7,12,14H2,1-2H3,(H2,27,36)(H,29,30,32)/t16-,17-/m0/s1. The van der Waals surface area contributed by atoms with Crippen molar-refractivity contribution in [2.75, 3.05) is 16.8 Å². The number of piperidine rings is 1. The Bertz CT molecular complexity index is 1250. The molecule has 2 aliphatic rings. The zero-order valence-electron chi connectivity index (χ0n) is 20.7. The van der Waals surface area contributed by atoms with E-state index in [9.17, 15) is 9.59 Å². The van der Waals surface area contributed by atoms with E-state index in [4.69, 9.17) is 5.73 Å². The lowest BCUT2D eigenvalue weighted by atomic mass is 9.88. The third-order valence-corrected chi connectivity index (χ3v) is 7.12. The molecule has 0 radical (unpaired) electrons. The number of nitrogens with zero attached hydrogens (tertiary/aromatic N) is 6. The summed E-state index contributed by atoms with van der Waals surface area (Å²) in [5.74, 6) is 0.952. The molecule has 1 aliphatic heterocycles. The minimum Gasteiger partial charge on any atom is -0.364 e. The summed E-state index contributed by atoms with van der Waals surface area (Å²) < 4.78 is 1.76. The van der Waals surface area contributed by atoms with E-state index in [1.165, 1.54) is 18.4 Å². The lowest BCUT2D eigenvalue weighted by molar-refractivity contribution is 0.0952. The van der Waals surface area contributed by atoms with Crippen LogP contribution in [0, 0.1) is 5.92 Å². The van der Waals surface area contributed by atoms with Crippen molar-refractivity contribution >= 4 is 29.1 Å². The molecule has 1 saturated heterocycles. The molecule has 5 rings (SSSR count). The molecular formula is C26H32N8O2. The fourth-order valence-electron chi connectivity index (χ4n) is 4.80. The van der Waals surface area contributed by atoms with Crippen molar-refractivity contribution in [3.05, 3.63) is 53.5 Å². The average Bonchev–Trinajstić information content (AvgIpc) is 3.64. The largest absolute Gasteiger partial charge is 0.364 e. The van der Waals surface area contributed by atoms with Crippen LogP contribution in [0.5, 0.6) is 0 Å². The minimum atomic E-state index is -0.713. The molecule has 0 bridgehead atoms. The number of nitrogens with one attached hydrogen (secondary N) is 1. The summed E-state index contributed by atoms with van der Waals surface area (Å²) in [7, 11) is 0. The van der Waals surface area contributed by atoms with E-state index in [2.05, 4.69) is 49.6 Å². The van der Waals surface area contributed by atoms with Crippen molar-refractivity contribution in [2.45, 2.75) is 64.5 Å². The lowest BCUT2D eigenvalue weighted by Crippen LogP contribution is -2.43. The second kappa shape index (κ2) is 10.0. The molecule has 1 saturated carbocycles. The van der Waals surface area contributed by atoms with Crippen LogP contribution >= 0.6 is 0 Å². The zero-order valence-corrected chi connectivity index (χ0v) is 20.7. The van der Waals surface area contributed by atoms with Gasteiger partial charge in [0.05, 0.1) is 11.9 Å². The van der Waals surface area contributed by atoms with Crippen LogP contribution in [0.1, 0.15) is 78.3 Å². The Kier molecular flexibility index (Phi) is 6.67. The fraction of sp³-hybridized carbons (Fsp3) is 0.462. The molecule has 2 aromatic heterocycles. The molecule has 3 heterocycles. The van der Waals surface area contributed by atoms with Crippen LogP contribution in [0.3, 0.4) is 0 Å². The van der Waals surface area contributed by atoms with E-state index >= 15 is 0 Å². The normalized spacial score (nSPS) is 19.8. The lowest BCUT2D eigenvalue weighted by Gasteiger charge is -2.37. The monoisotopic (exact) mass is 488 g/mol. The van der Waals surface area contributed by atoms with Crippen LogP contribution in [-0.2, 0) is 6.54 Å². The van der Waals surface area contributed by atoms with Crippen molar-refractivity contribution in [3.8, 4) is 0 Å². The first-order chi connectivity index (χ1) is 17.4. The highest BCUT2D eigenvalue weighted by molar-refractivity contribution is 5.96. The van der Waals surface area contributed by atoms with Crippen molar-refractivity contribution in [1.82, 2.24) is 25.0 Å². The number of hydrogen-bond donors (Lipinski definition) is 2. The molecule has 1 aromatic carbocycles. The molecule has 2 atom stereocenters. The van der Waals surface area contributed by atoms with Gasteiger partial charge in [0, 0.05) is 37.3 Å². The Morgan fingerprint density at radius 3 is 2.56 bits per heavy atom. The van der Waals surface area contributed by atoms with Gasteiger partial charge in [-0.1, -0.05) is 24.3 Å². The first-order valence-corrected chi connectivity index (χ1v) is 12.6. The van der Waals surface area contributed by atoms with Crippen molar-refractivity contribution in [2.24, 2.45) is 11.7 Å². The third kappa shape index (κ3) is 5.22. The number of carbonyl (C=O) groups is 2. The van der Waals surface area contributed by atoms with Crippen LogP contribution in [-0.4, -0.2) is 49.2 Å². The molecule has 1 amide bonds. The highest BCUT2D eigenvalue weighted by Gasteiger charge is 2.30.